The van der Waals surface area contributed by atoms with E-state index in [4.69, 9.17) is 0 Å². The van der Waals surface area contributed by atoms with Crippen LogP contribution >= 0.6 is 15.9 Å². The zero-order valence-electron chi connectivity index (χ0n) is 9.73. The fraction of sp³-hybridized carbons (Fsp3) is 0.231. The molecule has 2 rings (SSSR count). The highest BCUT2D eigenvalue weighted by molar-refractivity contribution is 9.10. The lowest BCUT2D eigenvalue weighted by Crippen LogP contribution is -2.49. The van der Waals surface area contributed by atoms with Gasteiger partial charge in [0.2, 0.25) is 11.8 Å². The van der Waals surface area contributed by atoms with Crippen LogP contribution < -0.4 is 5.32 Å². The number of piperazine rings is 1. The van der Waals surface area contributed by atoms with Gasteiger partial charge in [0, 0.05) is 23.6 Å². The molecule has 4 nitrogen and oxygen atoms in total. The van der Waals surface area contributed by atoms with Crippen molar-refractivity contribution in [3.8, 4) is 0 Å². The molecular formula is C13H13BrN2O2. The molecule has 0 saturated carbocycles. The maximum atomic E-state index is 11.8. The smallest absolute Gasteiger partial charge is 0.247 e. The molecule has 0 aromatic heterocycles. The minimum absolute atomic E-state index is 0.105. The van der Waals surface area contributed by atoms with Crippen molar-refractivity contribution in [3.05, 3.63) is 40.4 Å². The third-order valence-corrected chi connectivity index (χ3v) is 3.17. The van der Waals surface area contributed by atoms with Crippen LogP contribution in [0.2, 0.25) is 0 Å². The first-order valence-corrected chi connectivity index (χ1v) is 6.44. The molecule has 0 bridgehead atoms. The van der Waals surface area contributed by atoms with Gasteiger partial charge in [-0.1, -0.05) is 28.1 Å². The van der Waals surface area contributed by atoms with Crippen LogP contribution in [0.3, 0.4) is 0 Å². The van der Waals surface area contributed by atoms with Crippen molar-refractivity contribution >= 4 is 33.8 Å². The zero-order valence-corrected chi connectivity index (χ0v) is 11.3. The van der Waals surface area contributed by atoms with Gasteiger partial charge in [-0.2, -0.15) is 0 Å². The SMILES string of the molecule is O=C1CN(C(=O)/C=C\c2ccc(Br)cc2)CCN1. The summed E-state index contributed by atoms with van der Waals surface area (Å²) in [6.07, 6.45) is 3.25. The Hall–Kier alpha value is -1.62. The van der Waals surface area contributed by atoms with Gasteiger partial charge in [-0.3, -0.25) is 9.59 Å². The first-order chi connectivity index (χ1) is 8.65. The van der Waals surface area contributed by atoms with Crippen LogP contribution in [0.25, 0.3) is 6.08 Å². The molecule has 0 radical (unpaired) electrons. The summed E-state index contributed by atoms with van der Waals surface area (Å²) in [7, 11) is 0. The summed E-state index contributed by atoms with van der Waals surface area (Å²) in [5.41, 5.74) is 0.952. The number of hydrogen-bond donors (Lipinski definition) is 1. The highest BCUT2D eigenvalue weighted by Gasteiger charge is 2.18. The summed E-state index contributed by atoms with van der Waals surface area (Å²) in [6.45, 7) is 1.23. The Labute approximate surface area is 114 Å². The van der Waals surface area contributed by atoms with Gasteiger partial charge in [0.25, 0.3) is 0 Å². The first kappa shape index (κ1) is 12.8. The van der Waals surface area contributed by atoms with Crippen LogP contribution in [0.1, 0.15) is 5.56 Å². The maximum Gasteiger partial charge on any atom is 0.247 e. The molecule has 0 atom stereocenters. The van der Waals surface area contributed by atoms with Crippen molar-refractivity contribution < 1.29 is 9.59 Å². The first-order valence-electron chi connectivity index (χ1n) is 5.64. The topological polar surface area (TPSA) is 49.4 Å². The van der Waals surface area contributed by atoms with Gasteiger partial charge in [0.05, 0.1) is 6.54 Å². The Morgan fingerprint density at radius 1 is 1.33 bits per heavy atom. The fourth-order valence-corrected chi connectivity index (χ4v) is 1.94. The summed E-state index contributed by atoms with van der Waals surface area (Å²) in [5, 5.41) is 2.68. The van der Waals surface area contributed by atoms with Crippen molar-refractivity contribution in [2.45, 2.75) is 0 Å². The van der Waals surface area contributed by atoms with Gasteiger partial charge in [-0.05, 0) is 23.8 Å². The molecule has 0 aliphatic carbocycles. The van der Waals surface area contributed by atoms with Crippen molar-refractivity contribution in [2.75, 3.05) is 19.6 Å². The summed E-state index contributed by atoms with van der Waals surface area (Å²) in [5.74, 6) is -0.237. The molecule has 1 fully saturated rings. The van der Waals surface area contributed by atoms with Crippen molar-refractivity contribution in [3.63, 3.8) is 0 Å². The van der Waals surface area contributed by atoms with E-state index in [1.807, 2.05) is 24.3 Å². The second kappa shape index (κ2) is 5.82. The van der Waals surface area contributed by atoms with Gasteiger partial charge in [-0.15, -0.1) is 0 Å². The zero-order chi connectivity index (χ0) is 13.0. The normalized spacial score (nSPS) is 15.8. The van der Waals surface area contributed by atoms with Crippen LogP contribution in [0.15, 0.2) is 34.8 Å². The van der Waals surface area contributed by atoms with Crippen molar-refractivity contribution in [1.82, 2.24) is 10.2 Å². The summed E-state index contributed by atoms with van der Waals surface area (Å²) in [6, 6.07) is 7.66. The summed E-state index contributed by atoms with van der Waals surface area (Å²) < 4.78 is 0.999. The van der Waals surface area contributed by atoms with Crippen LogP contribution in [0.4, 0.5) is 0 Å². The van der Waals surface area contributed by atoms with Gasteiger partial charge < -0.3 is 10.2 Å². The van der Waals surface area contributed by atoms with Crippen LogP contribution in [-0.4, -0.2) is 36.3 Å². The minimum Gasteiger partial charge on any atom is -0.353 e. The molecular weight excluding hydrogens is 296 g/mol. The van der Waals surface area contributed by atoms with E-state index in [9.17, 15) is 9.59 Å². The predicted octanol–water partition coefficient (Wildman–Crippen LogP) is 1.42. The highest BCUT2D eigenvalue weighted by Crippen LogP contribution is 2.11. The maximum absolute atomic E-state index is 11.8. The third-order valence-electron chi connectivity index (χ3n) is 2.64. The van der Waals surface area contributed by atoms with E-state index < -0.39 is 0 Å². The number of nitrogens with zero attached hydrogens (tertiary/aromatic N) is 1. The van der Waals surface area contributed by atoms with Gasteiger partial charge in [-0.25, -0.2) is 0 Å². The fourth-order valence-electron chi connectivity index (χ4n) is 1.67. The number of nitrogens with one attached hydrogen (secondary N) is 1. The average molecular weight is 309 g/mol. The lowest BCUT2D eigenvalue weighted by atomic mass is 10.2. The molecule has 1 saturated heterocycles. The molecule has 0 spiro atoms. The second-order valence-electron chi connectivity index (χ2n) is 3.99. The van der Waals surface area contributed by atoms with Crippen LogP contribution in [0.5, 0.6) is 0 Å². The molecule has 2 amide bonds. The van der Waals surface area contributed by atoms with E-state index in [0.717, 1.165) is 10.0 Å². The molecule has 94 valence electrons. The standard InChI is InChI=1S/C13H13BrN2O2/c14-11-4-1-10(2-5-11)3-6-13(18)16-8-7-15-12(17)9-16/h1-6H,7-9H2,(H,15,17)/b6-3-. The highest BCUT2D eigenvalue weighted by atomic mass is 79.9. The van der Waals surface area contributed by atoms with Crippen molar-refractivity contribution in [2.24, 2.45) is 0 Å². The Morgan fingerprint density at radius 3 is 2.72 bits per heavy atom. The lowest BCUT2D eigenvalue weighted by Gasteiger charge is -2.25. The number of amides is 2. The monoisotopic (exact) mass is 308 g/mol. The third kappa shape index (κ3) is 3.43. The molecule has 18 heavy (non-hydrogen) atoms. The Morgan fingerprint density at radius 2 is 2.06 bits per heavy atom. The van der Waals surface area contributed by atoms with Crippen LogP contribution in [0, 0.1) is 0 Å². The quantitative estimate of drug-likeness (QED) is 0.840. The van der Waals surface area contributed by atoms with Gasteiger partial charge in [0.15, 0.2) is 0 Å². The van der Waals surface area contributed by atoms with E-state index in [0.29, 0.717) is 13.1 Å². The molecule has 1 aromatic carbocycles. The molecule has 0 unspecified atom stereocenters. The number of hydrogen-bond acceptors (Lipinski definition) is 2. The van der Waals surface area contributed by atoms with E-state index in [-0.39, 0.29) is 18.4 Å². The Kier molecular flexibility index (Phi) is 4.15. The van der Waals surface area contributed by atoms with Gasteiger partial charge >= 0.3 is 0 Å². The molecule has 1 aliphatic rings. The Balaban J connectivity index is 1.98. The molecule has 5 heteroatoms. The van der Waals surface area contributed by atoms with Crippen LogP contribution in [-0.2, 0) is 9.59 Å². The number of rotatable bonds is 2. The van der Waals surface area contributed by atoms with Crippen molar-refractivity contribution in [1.29, 1.82) is 0 Å². The number of carbonyl (C=O) groups is 2. The number of halogens is 1. The largest absolute Gasteiger partial charge is 0.353 e. The minimum atomic E-state index is -0.132. The summed E-state index contributed by atoms with van der Waals surface area (Å²) >= 11 is 3.35. The van der Waals surface area contributed by atoms with Gasteiger partial charge in [0.1, 0.15) is 0 Å². The molecule has 1 heterocycles. The molecule has 1 aromatic rings. The average Bonchev–Trinajstić information content (AvgIpc) is 2.38. The number of carbonyl (C=O) groups excluding carboxylic acids is 2. The van der Waals surface area contributed by atoms with E-state index >= 15 is 0 Å². The summed E-state index contributed by atoms with van der Waals surface area (Å²) in [4.78, 5) is 24.5. The number of benzene rings is 1. The van der Waals surface area contributed by atoms with E-state index in [1.165, 1.54) is 11.0 Å². The lowest BCUT2D eigenvalue weighted by molar-refractivity contribution is -0.134. The molecule has 1 aliphatic heterocycles. The predicted molar refractivity (Wildman–Crippen MR) is 72.8 cm³/mol. The second-order valence-corrected chi connectivity index (χ2v) is 4.91. The van der Waals surface area contributed by atoms with E-state index in [2.05, 4.69) is 21.2 Å². The van der Waals surface area contributed by atoms with E-state index in [1.54, 1.807) is 6.08 Å². The Bertz CT molecular complexity index is 482. The molecule has 1 N–H and O–H groups in total.